The maximum atomic E-state index is 11.2. The Morgan fingerprint density at radius 1 is 1.35 bits per heavy atom. The van der Waals surface area contributed by atoms with Crippen molar-refractivity contribution in [3.63, 3.8) is 0 Å². The lowest BCUT2D eigenvalue weighted by Crippen LogP contribution is -2.39. The zero-order valence-electron chi connectivity index (χ0n) is 11.0. The van der Waals surface area contributed by atoms with Crippen LogP contribution in [0.1, 0.15) is 43.1 Å². The maximum Gasteiger partial charge on any atom is 0.356 e. The summed E-state index contributed by atoms with van der Waals surface area (Å²) in [5.74, 6) is -1.21. The second kappa shape index (κ2) is 6.37. The first-order chi connectivity index (χ1) is 9.47. The number of aromatic carboxylic acids is 1. The van der Waals surface area contributed by atoms with E-state index in [1.165, 1.54) is 0 Å². The molecule has 0 aromatic carbocycles. The molecule has 0 bridgehead atoms. The molecule has 1 aromatic heterocycles. The summed E-state index contributed by atoms with van der Waals surface area (Å²) in [6.45, 7) is 2.88. The van der Waals surface area contributed by atoms with E-state index in [0.29, 0.717) is 11.7 Å². The van der Waals surface area contributed by atoms with Gasteiger partial charge in [0.1, 0.15) is 5.02 Å². The van der Waals surface area contributed by atoms with E-state index in [4.69, 9.17) is 39.9 Å². The summed E-state index contributed by atoms with van der Waals surface area (Å²) in [4.78, 5) is 17.0. The monoisotopic (exact) mass is 336 g/mol. The third-order valence-corrected chi connectivity index (χ3v) is 4.69. The zero-order chi connectivity index (χ0) is 14.9. The highest BCUT2D eigenvalue weighted by Gasteiger charge is 2.29. The smallest absolute Gasteiger partial charge is 0.356 e. The molecule has 1 aromatic rings. The van der Waals surface area contributed by atoms with Gasteiger partial charge < -0.3 is 10.0 Å². The predicted octanol–water partition coefficient (Wildman–Crippen LogP) is 4.51. The minimum absolute atomic E-state index is 0.0242. The normalized spacial score (nSPS) is 19.2. The molecular formula is C13H15Cl3N2O2. The Morgan fingerprint density at radius 2 is 2.05 bits per heavy atom. The Labute approximate surface area is 132 Å². The van der Waals surface area contributed by atoms with Gasteiger partial charge in [-0.15, -0.1) is 0 Å². The minimum atomic E-state index is -1.21. The molecule has 0 saturated carbocycles. The van der Waals surface area contributed by atoms with Crippen LogP contribution in [0, 0.1) is 0 Å². The van der Waals surface area contributed by atoms with Crippen molar-refractivity contribution in [2.75, 3.05) is 11.4 Å². The fourth-order valence-corrected chi connectivity index (χ4v) is 3.41. The number of carboxylic acids is 1. The van der Waals surface area contributed by atoms with Crippen LogP contribution in [0.2, 0.25) is 15.2 Å². The average Bonchev–Trinajstić information content (AvgIpc) is 2.43. The summed E-state index contributed by atoms with van der Waals surface area (Å²) < 4.78 is 0. The Kier molecular flexibility index (Phi) is 4.99. The number of nitrogens with zero attached hydrogens (tertiary/aromatic N) is 2. The number of hydrogen-bond acceptors (Lipinski definition) is 3. The van der Waals surface area contributed by atoms with Crippen LogP contribution in [0.5, 0.6) is 0 Å². The van der Waals surface area contributed by atoms with Crippen molar-refractivity contribution in [2.24, 2.45) is 0 Å². The highest BCUT2D eigenvalue weighted by Crippen LogP contribution is 2.42. The average molecular weight is 338 g/mol. The zero-order valence-corrected chi connectivity index (χ0v) is 13.3. The van der Waals surface area contributed by atoms with Crippen LogP contribution in [-0.4, -0.2) is 28.6 Å². The minimum Gasteiger partial charge on any atom is -0.476 e. The van der Waals surface area contributed by atoms with E-state index in [-0.39, 0.29) is 20.9 Å². The van der Waals surface area contributed by atoms with Crippen molar-refractivity contribution < 1.29 is 9.90 Å². The molecule has 20 heavy (non-hydrogen) atoms. The number of aromatic nitrogens is 1. The van der Waals surface area contributed by atoms with Gasteiger partial charge in [-0.2, -0.15) is 0 Å². The van der Waals surface area contributed by atoms with Gasteiger partial charge in [0, 0.05) is 12.6 Å². The van der Waals surface area contributed by atoms with Gasteiger partial charge in [0.05, 0.1) is 10.7 Å². The molecule has 0 spiro atoms. The molecule has 2 rings (SSSR count). The predicted molar refractivity (Wildman–Crippen MR) is 81.5 cm³/mol. The molecular weight excluding hydrogens is 323 g/mol. The summed E-state index contributed by atoms with van der Waals surface area (Å²) in [6, 6.07) is 0.291. The Hall–Kier alpha value is -0.710. The fourth-order valence-electron chi connectivity index (χ4n) is 2.62. The standard InChI is InChI=1S/C13H15Cl3N2O2/c1-2-7-5-3-4-6-18(7)11-8(14)10(13(19)20)17-12(16)9(11)15/h7H,2-6H2,1H3,(H,19,20)/t7-/m0/s1. The molecule has 1 aliphatic rings. The molecule has 7 heteroatoms. The molecule has 110 valence electrons. The van der Waals surface area contributed by atoms with Gasteiger partial charge in [-0.25, -0.2) is 9.78 Å². The van der Waals surface area contributed by atoms with Crippen LogP contribution >= 0.6 is 34.8 Å². The molecule has 1 atom stereocenters. The van der Waals surface area contributed by atoms with Gasteiger partial charge >= 0.3 is 5.97 Å². The van der Waals surface area contributed by atoms with Crippen molar-refractivity contribution in [3.05, 3.63) is 20.9 Å². The number of piperidine rings is 1. The number of carboxylic acid groups (broad SMARTS) is 1. The Bertz CT molecular complexity index is 537. The van der Waals surface area contributed by atoms with E-state index >= 15 is 0 Å². The summed E-state index contributed by atoms with van der Waals surface area (Å²) in [7, 11) is 0. The van der Waals surface area contributed by atoms with Gasteiger partial charge in [-0.1, -0.05) is 41.7 Å². The van der Waals surface area contributed by atoms with E-state index in [1.807, 2.05) is 0 Å². The van der Waals surface area contributed by atoms with E-state index < -0.39 is 5.97 Å². The van der Waals surface area contributed by atoms with Gasteiger partial charge in [-0.3, -0.25) is 0 Å². The second-order valence-corrected chi connectivity index (χ2v) is 5.90. The highest BCUT2D eigenvalue weighted by atomic mass is 35.5. The quantitative estimate of drug-likeness (QED) is 0.825. The van der Waals surface area contributed by atoms with Crippen molar-refractivity contribution >= 4 is 46.5 Å². The van der Waals surface area contributed by atoms with Crippen LogP contribution in [0.4, 0.5) is 5.69 Å². The summed E-state index contributed by atoms with van der Waals surface area (Å²) in [6.07, 6.45) is 4.14. The fraction of sp³-hybridized carbons (Fsp3) is 0.538. The van der Waals surface area contributed by atoms with Gasteiger partial charge in [-0.05, 0) is 25.7 Å². The number of rotatable bonds is 3. The maximum absolute atomic E-state index is 11.2. The van der Waals surface area contributed by atoms with E-state index in [2.05, 4.69) is 16.8 Å². The van der Waals surface area contributed by atoms with Crippen LogP contribution in [0.3, 0.4) is 0 Å². The Morgan fingerprint density at radius 3 is 2.65 bits per heavy atom. The number of pyridine rings is 1. The summed E-state index contributed by atoms with van der Waals surface area (Å²) in [5, 5.41) is 9.42. The molecule has 0 unspecified atom stereocenters. The van der Waals surface area contributed by atoms with Gasteiger partial charge in [0.2, 0.25) is 0 Å². The largest absolute Gasteiger partial charge is 0.476 e. The van der Waals surface area contributed by atoms with E-state index in [1.54, 1.807) is 0 Å². The van der Waals surface area contributed by atoms with Crippen molar-refractivity contribution in [3.8, 4) is 0 Å². The van der Waals surface area contributed by atoms with Crippen molar-refractivity contribution in [2.45, 2.75) is 38.6 Å². The molecule has 1 aliphatic heterocycles. The molecule has 4 nitrogen and oxygen atoms in total. The lowest BCUT2D eigenvalue weighted by atomic mass is 9.99. The molecule has 0 radical (unpaired) electrons. The number of anilines is 1. The van der Waals surface area contributed by atoms with Crippen molar-refractivity contribution in [1.82, 2.24) is 4.98 Å². The first-order valence-corrected chi connectivity index (χ1v) is 7.65. The van der Waals surface area contributed by atoms with E-state index in [9.17, 15) is 4.79 Å². The van der Waals surface area contributed by atoms with Gasteiger partial charge in [0.25, 0.3) is 0 Å². The molecule has 1 N–H and O–H groups in total. The number of carbonyl (C=O) groups is 1. The first-order valence-electron chi connectivity index (χ1n) is 6.51. The lowest BCUT2D eigenvalue weighted by molar-refractivity contribution is 0.0690. The SMILES string of the molecule is CC[C@H]1CCCCN1c1c(Cl)c(Cl)nc(C(=O)O)c1Cl. The topological polar surface area (TPSA) is 53.4 Å². The van der Waals surface area contributed by atoms with Crippen molar-refractivity contribution in [1.29, 1.82) is 0 Å². The molecule has 2 heterocycles. The number of hydrogen-bond donors (Lipinski definition) is 1. The number of halogens is 3. The first kappa shape index (κ1) is 15.7. The third-order valence-electron chi connectivity index (χ3n) is 3.60. The highest BCUT2D eigenvalue weighted by molar-refractivity contribution is 6.46. The third kappa shape index (κ3) is 2.83. The lowest BCUT2D eigenvalue weighted by Gasteiger charge is -2.38. The molecule has 1 fully saturated rings. The van der Waals surface area contributed by atoms with Gasteiger partial charge in [0.15, 0.2) is 10.8 Å². The molecule has 0 amide bonds. The molecule has 1 saturated heterocycles. The van der Waals surface area contributed by atoms with Crippen LogP contribution in [-0.2, 0) is 0 Å². The van der Waals surface area contributed by atoms with Crippen LogP contribution in [0.15, 0.2) is 0 Å². The summed E-state index contributed by atoms with van der Waals surface area (Å²) in [5.41, 5.74) is 0.244. The second-order valence-electron chi connectivity index (χ2n) is 4.78. The Balaban J connectivity index is 2.56. The van der Waals surface area contributed by atoms with Crippen LogP contribution in [0.25, 0.3) is 0 Å². The summed E-state index contributed by atoms with van der Waals surface area (Å²) >= 11 is 18.4. The van der Waals surface area contributed by atoms with E-state index in [0.717, 1.165) is 32.2 Å². The van der Waals surface area contributed by atoms with Crippen LogP contribution < -0.4 is 4.90 Å². The molecule has 0 aliphatic carbocycles.